The first-order chi connectivity index (χ1) is 13.8. The van der Waals surface area contributed by atoms with E-state index in [1.54, 1.807) is 43.3 Å². The first kappa shape index (κ1) is 19.2. The number of benzene rings is 2. The zero-order valence-electron chi connectivity index (χ0n) is 15.4. The molecule has 0 saturated heterocycles. The van der Waals surface area contributed by atoms with Gasteiger partial charge in [0.25, 0.3) is 0 Å². The van der Waals surface area contributed by atoms with Crippen LogP contribution in [0.25, 0.3) is 16.9 Å². The highest BCUT2D eigenvalue weighted by atomic mass is 32.3. The molecule has 3 aromatic rings. The van der Waals surface area contributed by atoms with Gasteiger partial charge in [0.2, 0.25) is 0 Å². The summed E-state index contributed by atoms with van der Waals surface area (Å²) >= 11 is 0. The van der Waals surface area contributed by atoms with E-state index in [1.807, 2.05) is 0 Å². The summed E-state index contributed by atoms with van der Waals surface area (Å²) < 4.78 is 27.9. The molecule has 9 heteroatoms. The van der Waals surface area contributed by atoms with Crippen LogP contribution in [0.3, 0.4) is 0 Å². The van der Waals surface area contributed by atoms with Crippen LogP contribution in [-0.4, -0.2) is 42.5 Å². The number of nitrogens with zero attached hydrogens (tertiary/aromatic N) is 2. The molecule has 0 atom stereocenters. The van der Waals surface area contributed by atoms with Crippen molar-refractivity contribution in [2.24, 2.45) is 0 Å². The fourth-order valence-electron chi connectivity index (χ4n) is 3.41. The fraction of sp³-hybridized carbons (Fsp3) is 0.150. The van der Waals surface area contributed by atoms with Crippen molar-refractivity contribution in [3.63, 3.8) is 0 Å². The van der Waals surface area contributed by atoms with Crippen molar-refractivity contribution < 1.29 is 28.5 Å². The van der Waals surface area contributed by atoms with Crippen molar-refractivity contribution in [1.29, 1.82) is 0 Å². The number of hydrogen-bond acceptors (Lipinski definition) is 6. The summed E-state index contributed by atoms with van der Waals surface area (Å²) in [5.74, 6) is -1.94. The van der Waals surface area contributed by atoms with Crippen LogP contribution in [0.15, 0.2) is 53.4 Å². The van der Waals surface area contributed by atoms with Crippen LogP contribution in [0.1, 0.15) is 33.3 Å². The van der Waals surface area contributed by atoms with Gasteiger partial charge in [0.15, 0.2) is 5.69 Å². The van der Waals surface area contributed by atoms with Gasteiger partial charge in [-0.15, -0.1) is 0 Å². The molecule has 0 aliphatic carbocycles. The monoisotopic (exact) mass is 414 g/mol. The molecule has 2 aromatic carbocycles. The van der Waals surface area contributed by atoms with E-state index in [-0.39, 0.29) is 23.6 Å². The quantitative estimate of drug-likeness (QED) is 0.551. The predicted octanol–water partition coefficient (Wildman–Crippen LogP) is 4.04. The van der Waals surface area contributed by atoms with Crippen molar-refractivity contribution in [2.45, 2.75) is 17.6 Å². The molecule has 0 saturated carbocycles. The minimum absolute atomic E-state index is 0.0166. The molecule has 0 fully saturated rings. The maximum Gasteiger partial charge on any atom is 0.359 e. The molecule has 0 amide bonds. The zero-order valence-corrected chi connectivity index (χ0v) is 16.2. The van der Waals surface area contributed by atoms with Gasteiger partial charge in [-0.1, -0.05) is 24.3 Å². The van der Waals surface area contributed by atoms with E-state index in [0.717, 1.165) is 0 Å². The number of hydrogen-bond donors (Lipinski definition) is 3. The molecule has 0 radical (unpaired) electrons. The van der Waals surface area contributed by atoms with Crippen molar-refractivity contribution in [2.75, 3.05) is 6.61 Å². The lowest BCUT2D eigenvalue weighted by atomic mass is 10.1. The molecule has 3 N–H and O–H groups in total. The Balaban J connectivity index is 2.01. The number of carbonyl (C=O) groups excluding carboxylic acids is 1. The Bertz CT molecular complexity index is 1140. The Morgan fingerprint density at radius 2 is 1.93 bits per heavy atom. The smallest absolute Gasteiger partial charge is 0.359 e. The average Bonchev–Trinajstić information content (AvgIpc) is 3.07. The lowest BCUT2D eigenvalue weighted by molar-refractivity contribution is 0.0517. The highest BCUT2D eigenvalue weighted by Gasteiger charge is 2.36. The second-order valence-corrected chi connectivity index (χ2v) is 8.53. The Hall–Kier alpha value is -3.14. The summed E-state index contributed by atoms with van der Waals surface area (Å²) in [7, 11) is -3.17. The predicted molar refractivity (Wildman–Crippen MR) is 107 cm³/mol. The lowest BCUT2D eigenvalue weighted by Crippen LogP contribution is -2.14. The lowest BCUT2D eigenvalue weighted by Gasteiger charge is -2.37. The van der Waals surface area contributed by atoms with Crippen LogP contribution in [-0.2, 0) is 10.5 Å². The van der Waals surface area contributed by atoms with E-state index < -0.39 is 22.5 Å². The molecule has 29 heavy (non-hydrogen) atoms. The minimum atomic E-state index is -3.17. The summed E-state index contributed by atoms with van der Waals surface area (Å²) in [6, 6.07) is 13.0. The molecule has 1 aliphatic rings. The van der Waals surface area contributed by atoms with E-state index in [1.165, 1.54) is 16.8 Å². The molecule has 4 rings (SSSR count). The highest BCUT2D eigenvalue weighted by molar-refractivity contribution is 8.23. The third kappa shape index (κ3) is 3.19. The summed E-state index contributed by atoms with van der Waals surface area (Å²) in [5.41, 5.74) is 1.89. The van der Waals surface area contributed by atoms with Crippen molar-refractivity contribution >= 4 is 22.5 Å². The van der Waals surface area contributed by atoms with Crippen LogP contribution in [0.5, 0.6) is 0 Å². The summed E-state index contributed by atoms with van der Waals surface area (Å²) in [5, 5.41) is 13.7. The Morgan fingerprint density at radius 1 is 1.17 bits per heavy atom. The number of aromatic carboxylic acids is 1. The number of carboxylic acid groups (broad SMARTS) is 1. The maximum absolute atomic E-state index is 12.5. The molecule has 0 bridgehead atoms. The van der Waals surface area contributed by atoms with Crippen LogP contribution in [0, 0.1) is 0 Å². The van der Waals surface area contributed by atoms with E-state index in [2.05, 4.69) is 5.10 Å². The van der Waals surface area contributed by atoms with Gasteiger partial charge in [-0.25, -0.2) is 14.3 Å². The number of carboxylic acids is 1. The molecule has 0 unspecified atom stereocenters. The van der Waals surface area contributed by atoms with E-state index in [9.17, 15) is 23.8 Å². The van der Waals surface area contributed by atoms with Crippen molar-refractivity contribution in [3.8, 4) is 16.9 Å². The van der Waals surface area contributed by atoms with Gasteiger partial charge >= 0.3 is 11.9 Å². The molecule has 2 heterocycles. The SMILES string of the molecule is CCOC(=O)c1nn(-c2cccc(C(=O)O)c2)c2c1CS(O)(O)c1ccccc1-2. The zero-order chi connectivity index (χ0) is 20.8. The Labute approximate surface area is 167 Å². The van der Waals surface area contributed by atoms with Crippen LogP contribution in [0.2, 0.25) is 0 Å². The second-order valence-electron chi connectivity index (χ2n) is 6.47. The fourth-order valence-corrected chi connectivity index (χ4v) is 5.06. The topological polar surface area (TPSA) is 122 Å². The number of ether oxygens (including phenoxy) is 1. The van der Waals surface area contributed by atoms with Crippen molar-refractivity contribution in [1.82, 2.24) is 9.78 Å². The highest BCUT2D eigenvalue weighted by Crippen LogP contribution is 2.59. The molecule has 150 valence electrons. The van der Waals surface area contributed by atoms with Gasteiger partial charge < -0.3 is 9.84 Å². The molecule has 1 aliphatic heterocycles. The van der Waals surface area contributed by atoms with Gasteiger partial charge in [-0.3, -0.25) is 9.11 Å². The summed E-state index contributed by atoms with van der Waals surface area (Å²) in [4.78, 5) is 24.3. The Kier molecular flexibility index (Phi) is 4.65. The number of aromatic nitrogens is 2. The molecule has 8 nitrogen and oxygen atoms in total. The number of rotatable bonds is 4. The summed E-state index contributed by atoms with van der Waals surface area (Å²) in [6.07, 6.45) is 0. The largest absolute Gasteiger partial charge is 0.478 e. The van der Waals surface area contributed by atoms with Gasteiger partial charge in [0.1, 0.15) is 0 Å². The summed E-state index contributed by atoms with van der Waals surface area (Å²) in [6.45, 7) is 1.81. The first-order valence-electron chi connectivity index (χ1n) is 8.81. The van der Waals surface area contributed by atoms with Gasteiger partial charge in [0, 0.05) is 11.1 Å². The average molecular weight is 414 g/mol. The van der Waals surface area contributed by atoms with Crippen LogP contribution in [0.4, 0.5) is 0 Å². The normalized spacial score (nSPS) is 15.1. The molecule has 0 spiro atoms. The number of fused-ring (bicyclic) bond motifs is 3. The van der Waals surface area contributed by atoms with E-state index in [0.29, 0.717) is 27.4 Å². The van der Waals surface area contributed by atoms with E-state index in [4.69, 9.17) is 4.74 Å². The Morgan fingerprint density at radius 3 is 2.66 bits per heavy atom. The molecule has 1 aromatic heterocycles. The van der Waals surface area contributed by atoms with Crippen molar-refractivity contribution in [3.05, 3.63) is 65.4 Å². The third-order valence-electron chi connectivity index (χ3n) is 4.63. The van der Waals surface area contributed by atoms with Gasteiger partial charge in [-0.2, -0.15) is 15.7 Å². The number of esters is 1. The first-order valence-corrected chi connectivity index (χ1v) is 10.5. The standard InChI is InChI=1S/C20H18N2O6S/c1-2-28-20(25)17-15-11-29(26,27)16-9-4-3-8-14(16)18(15)22(21-17)13-7-5-6-12(10-13)19(23)24/h3-10,26-27H,2,11H2,1H3,(H,23,24). The maximum atomic E-state index is 12.5. The van der Waals surface area contributed by atoms with Crippen LogP contribution >= 0.6 is 10.6 Å². The molecular formula is C20H18N2O6S. The van der Waals surface area contributed by atoms with Gasteiger partial charge in [-0.05, 0) is 31.2 Å². The third-order valence-corrected chi connectivity index (χ3v) is 6.38. The molecular weight excluding hydrogens is 396 g/mol. The van der Waals surface area contributed by atoms with Gasteiger partial charge in [0.05, 0.1) is 34.2 Å². The number of carbonyl (C=O) groups is 2. The second kappa shape index (κ2) is 7.03. The van der Waals surface area contributed by atoms with E-state index >= 15 is 0 Å². The van der Waals surface area contributed by atoms with Crippen LogP contribution < -0.4 is 0 Å². The minimum Gasteiger partial charge on any atom is -0.478 e.